The molecule has 0 fully saturated rings. The summed E-state index contributed by atoms with van der Waals surface area (Å²) in [6.07, 6.45) is 0. The van der Waals surface area contributed by atoms with Crippen LogP contribution in [-0.2, 0) is 6.54 Å². The van der Waals surface area contributed by atoms with E-state index in [-0.39, 0.29) is 5.54 Å². The molecule has 2 aromatic rings. The molecule has 18 heavy (non-hydrogen) atoms. The standard InChI is InChI=1S/C15H22N2S/c1-15(2,3)17-9-8-16-10-12-11-18-14-7-5-4-6-13(12)14/h4-7,11,16-17H,8-10H2,1-3H3. The number of hydrogen-bond donors (Lipinski definition) is 2. The van der Waals surface area contributed by atoms with Gasteiger partial charge in [-0.3, -0.25) is 0 Å². The molecule has 3 heteroatoms. The Morgan fingerprint density at radius 2 is 1.89 bits per heavy atom. The fraction of sp³-hybridized carbons (Fsp3) is 0.467. The van der Waals surface area contributed by atoms with Gasteiger partial charge in [-0.15, -0.1) is 11.3 Å². The van der Waals surface area contributed by atoms with E-state index in [2.05, 4.69) is 61.1 Å². The second kappa shape index (κ2) is 5.83. The molecule has 98 valence electrons. The van der Waals surface area contributed by atoms with Crippen LogP contribution in [0.5, 0.6) is 0 Å². The minimum Gasteiger partial charge on any atom is -0.311 e. The van der Waals surface area contributed by atoms with Gasteiger partial charge in [0.15, 0.2) is 0 Å². The van der Waals surface area contributed by atoms with Gasteiger partial charge in [0.25, 0.3) is 0 Å². The van der Waals surface area contributed by atoms with Crippen molar-refractivity contribution in [3.63, 3.8) is 0 Å². The zero-order chi connectivity index (χ0) is 13.0. The van der Waals surface area contributed by atoms with Crippen LogP contribution < -0.4 is 10.6 Å². The van der Waals surface area contributed by atoms with Gasteiger partial charge in [0.05, 0.1) is 0 Å². The van der Waals surface area contributed by atoms with Crippen LogP contribution in [0, 0.1) is 0 Å². The third kappa shape index (κ3) is 3.80. The zero-order valence-electron chi connectivity index (χ0n) is 11.4. The van der Waals surface area contributed by atoms with Gasteiger partial charge in [-0.2, -0.15) is 0 Å². The second-order valence-electron chi connectivity index (χ2n) is 5.61. The number of hydrogen-bond acceptors (Lipinski definition) is 3. The fourth-order valence-electron chi connectivity index (χ4n) is 1.92. The van der Waals surface area contributed by atoms with Gasteiger partial charge in [0.1, 0.15) is 0 Å². The molecule has 0 saturated carbocycles. The molecule has 0 aliphatic heterocycles. The Morgan fingerprint density at radius 3 is 2.67 bits per heavy atom. The van der Waals surface area contributed by atoms with Crippen molar-refractivity contribution in [2.75, 3.05) is 13.1 Å². The molecule has 2 nitrogen and oxygen atoms in total. The molecule has 0 aliphatic rings. The molecule has 0 atom stereocenters. The van der Waals surface area contributed by atoms with Gasteiger partial charge in [-0.25, -0.2) is 0 Å². The van der Waals surface area contributed by atoms with E-state index in [1.807, 2.05) is 11.3 Å². The maximum absolute atomic E-state index is 3.50. The second-order valence-corrected chi connectivity index (χ2v) is 6.52. The van der Waals surface area contributed by atoms with E-state index in [1.165, 1.54) is 15.6 Å². The summed E-state index contributed by atoms with van der Waals surface area (Å²) >= 11 is 1.83. The topological polar surface area (TPSA) is 24.1 Å². The Labute approximate surface area is 113 Å². The minimum atomic E-state index is 0.205. The lowest BCUT2D eigenvalue weighted by Crippen LogP contribution is -2.40. The molecule has 0 aliphatic carbocycles. The molecule has 0 amide bonds. The zero-order valence-corrected chi connectivity index (χ0v) is 12.2. The van der Waals surface area contributed by atoms with Crippen LogP contribution in [0.15, 0.2) is 29.6 Å². The predicted molar refractivity (Wildman–Crippen MR) is 81.3 cm³/mol. The van der Waals surface area contributed by atoms with Crippen LogP contribution in [-0.4, -0.2) is 18.6 Å². The van der Waals surface area contributed by atoms with E-state index in [4.69, 9.17) is 0 Å². The monoisotopic (exact) mass is 262 g/mol. The molecule has 1 aromatic carbocycles. The van der Waals surface area contributed by atoms with Crippen molar-refractivity contribution in [2.24, 2.45) is 0 Å². The highest BCUT2D eigenvalue weighted by atomic mass is 32.1. The van der Waals surface area contributed by atoms with Gasteiger partial charge in [0, 0.05) is 29.9 Å². The lowest BCUT2D eigenvalue weighted by molar-refractivity contribution is 0.421. The van der Waals surface area contributed by atoms with Gasteiger partial charge < -0.3 is 10.6 Å². The van der Waals surface area contributed by atoms with Crippen molar-refractivity contribution in [2.45, 2.75) is 32.9 Å². The van der Waals surface area contributed by atoms with E-state index in [9.17, 15) is 0 Å². The number of fused-ring (bicyclic) bond motifs is 1. The maximum Gasteiger partial charge on any atom is 0.0346 e. The Kier molecular flexibility index (Phi) is 4.38. The van der Waals surface area contributed by atoms with Crippen LogP contribution in [0.1, 0.15) is 26.3 Å². The molecule has 0 bridgehead atoms. The SMILES string of the molecule is CC(C)(C)NCCNCc1csc2ccccc12. The molecular weight excluding hydrogens is 240 g/mol. The van der Waals surface area contributed by atoms with Gasteiger partial charge in [0.2, 0.25) is 0 Å². The largest absolute Gasteiger partial charge is 0.311 e. The van der Waals surface area contributed by atoms with Gasteiger partial charge in [-0.05, 0) is 43.2 Å². The normalized spacial score (nSPS) is 12.2. The highest BCUT2D eigenvalue weighted by molar-refractivity contribution is 7.17. The molecule has 0 radical (unpaired) electrons. The van der Waals surface area contributed by atoms with Crippen molar-refractivity contribution in [3.8, 4) is 0 Å². The van der Waals surface area contributed by atoms with Crippen molar-refractivity contribution < 1.29 is 0 Å². The third-order valence-electron chi connectivity index (χ3n) is 2.83. The van der Waals surface area contributed by atoms with E-state index >= 15 is 0 Å². The molecule has 1 heterocycles. The quantitative estimate of drug-likeness (QED) is 0.807. The average Bonchev–Trinajstić information content (AvgIpc) is 2.71. The van der Waals surface area contributed by atoms with Crippen LogP contribution >= 0.6 is 11.3 Å². The summed E-state index contributed by atoms with van der Waals surface area (Å²) in [7, 11) is 0. The van der Waals surface area contributed by atoms with E-state index < -0.39 is 0 Å². The molecule has 0 saturated heterocycles. The number of nitrogens with one attached hydrogen (secondary N) is 2. The van der Waals surface area contributed by atoms with Crippen LogP contribution in [0.25, 0.3) is 10.1 Å². The number of thiophene rings is 1. The first kappa shape index (κ1) is 13.5. The van der Waals surface area contributed by atoms with E-state index in [1.54, 1.807) is 0 Å². The molecule has 1 aromatic heterocycles. The summed E-state index contributed by atoms with van der Waals surface area (Å²) in [6.45, 7) is 9.54. The fourth-order valence-corrected chi connectivity index (χ4v) is 2.88. The minimum absolute atomic E-state index is 0.205. The van der Waals surface area contributed by atoms with E-state index in [0.717, 1.165) is 19.6 Å². The summed E-state index contributed by atoms with van der Waals surface area (Å²) in [4.78, 5) is 0. The molecule has 0 spiro atoms. The Bertz CT molecular complexity index is 496. The number of rotatable bonds is 5. The van der Waals surface area contributed by atoms with Crippen molar-refractivity contribution in [1.29, 1.82) is 0 Å². The van der Waals surface area contributed by atoms with Crippen molar-refractivity contribution in [3.05, 3.63) is 35.2 Å². The van der Waals surface area contributed by atoms with Crippen LogP contribution in [0.2, 0.25) is 0 Å². The van der Waals surface area contributed by atoms with E-state index in [0.29, 0.717) is 0 Å². The molecular formula is C15H22N2S. The summed E-state index contributed by atoms with van der Waals surface area (Å²) in [5.74, 6) is 0. The average molecular weight is 262 g/mol. The first-order valence-electron chi connectivity index (χ1n) is 6.47. The third-order valence-corrected chi connectivity index (χ3v) is 3.85. The van der Waals surface area contributed by atoms with Crippen molar-refractivity contribution in [1.82, 2.24) is 10.6 Å². The Hall–Kier alpha value is -0.900. The summed E-state index contributed by atoms with van der Waals surface area (Å²) in [5.41, 5.74) is 1.61. The first-order chi connectivity index (χ1) is 8.56. The lowest BCUT2D eigenvalue weighted by atomic mass is 10.1. The van der Waals surface area contributed by atoms with Crippen LogP contribution in [0.3, 0.4) is 0 Å². The maximum atomic E-state index is 3.50. The smallest absolute Gasteiger partial charge is 0.0346 e. The molecule has 2 N–H and O–H groups in total. The van der Waals surface area contributed by atoms with Gasteiger partial charge in [-0.1, -0.05) is 18.2 Å². The summed E-state index contributed by atoms with van der Waals surface area (Å²) in [5, 5.41) is 10.6. The Balaban J connectivity index is 1.80. The van der Waals surface area contributed by atoms with Crippen molar-refractivity contribution >= 4 is 21.4 Å². The molecule has 2 rings (SSSR count). The summed E-state index contributed by atoms with van der Waals surface area (Å²) < 4.78 is 1.38. The van der Waals surface area contributed by atoms with Crippen LogP contribution in [0.4, 0.5) is 0 Å². The Morgan fingerprint density at radius 1 is 1.11 bits per heavy atom. The highest BCUT2D eigenvalue weighted by Crippen LogP contribution is 2.25. The molecule has 0 unspecified atom stereocenters. The number of benzene rings is 1. The van der Waals surface area contributed by atoms with Gasteiger partial charge >= 0.3 is 0 Å². The highest BCUT2D eigenvalue weighted by Gasteiger charge is 2.07. The lowest BCUT2D eigenvalue weighted by Gasteiger charge is -2.20. The summed E-state index contributed by atoms with van der Waals surface area (Å²) in [6, 6.07) is 8.60. The predicted octanol–water partition coefficient (Wildman–Crippen LogP) is 3.38. The first-order valence-corrected chi connectivity index (χ1v) is 7.35.